The first kappa shape index (κ1) is 20.2. The Labute approximate surface area is 157 Å². The van der Waals surface area contributed by atoms with Crippen LogP contribution < -0.4 is 10.6 Å². The van der Waals surface area contributed by atoms with Gasteiger partial charge in [0.15, 0.2) is 5.96 Å². The molecule has 26 heavy (non-hydrogen) atoms. The number of guanidine groups is 1. The average Bonchev–Trinajstić information content (AvgIpc) is 3.08. The third-order valence-electron chi connectivity index (χ3n) is 4.38. The SMILES string of the molecule is CN=C(NCc1cccc(NC(=O)CC(C)C)c1)N(C)CC1CCOC1. The molecule has 1 aromatic rings. The van der Waals surface area contributed by atoms with Gasteiger partial charge in [-0.25, -0.2) is 0 Å². The molecule has 1 saturated heterocycles. The molecule has 2 rings (SSSR count). The predicted octanol–water partition coefficient (Wildman–Crippen LogP) is 2.71. The van der Waals surface area contributed by atoms with Crippen molar-refractivity contribution in [3.63, 3.8) is 0 Å². The van der Waals surface area contributed by atoms with E-state index >= 15 is 0 Å². The van der Waals surface area contributed by atoms with E-state index in [0.29, 0.717) is 24.8 Å². The van der Waals surface area contributed by atoms with Crippen LogP contribution >= 0.6 is 0 Å². The van der Waals surface area contributed by atoms with E-state index in [1.54, 1.807) is 7.05 Å². The Bertz CT molecular complexity index is 610. The molecule has 1 aromatic carbocycles. The molecule has 144 valence electrons. The van der Waals surface area contributed by atoms with Gasteiger partial charge in [0.1, 0.15) is 0 Å². The van der Waals surface area contributed by atoms with Crippen LogP contribution in [0.1, 0.15) is 32.3 Å². The molecule has 1 aliphatic rings. The third kappa shape index (κ3) is 6.67. The highest BCUT2D eigenvalue weighted by Gasteiger charge is 2.19. The van der Waals surface area contributed by atoms with E-state index in [9.17, 15) is 4.79 Å². The minimum atomic E-state index is 0.0550. The summed E-state index contributed by atoms with van der Waals surface area (Å²) in [4.78, 5) is 18.5. The van der Waals surface area contributed by atoms with Gasteiger partial charge in [-0.05, 0) is 30.0 Å². The van der Waals surface area contributed by atoms with Gasteiger partial charge >= 0.3 is 0 Å². The highest BCUT2D eigenvalue weighted by atomic mass is 16.5. The van der Waals surface area contributed by atoms with Gasteiger partial charge in [0.05, 0.1) is 6.61 Å². The van der Waals surface area contributed by atoms with E-state index in [1.807, 2.05) is 38.1 Å². The first-order valence-electron chi connectivity index (χ1n) is 9.36. The van der Waals surface area contributed by atoms with Gasteiger partial charge in [-0.3, -0.25) is 9.79 Å². The number of aliphatic imine (C=N–C) groups is 1. The second-order valence-corrected chi connectivity index (χ2v) is 7.36. The molecule has 1 fully saturated rings. The van der Waals surface area contributed by atoms with Gasteiger partial charge in [-0.2, -0.15) is 0 Å². The van der Waals surface area contributed by atoms with E-state index in [-0.39, 0.29) is 5.91 Å². The zero-order valence-electron chi connectivity index (χ0n) is 16.4. The Morgan fingerprint density at radius 2 is 2.23 bits per heavy atom. The summed E-state index contributed by atoms with van der Waals surface area (Å²) >= 11 is 0. The van der Waals surface area contributed by atoms with Crippen LogP contribution in [0.3, 0.4) is 0 Å². The first-order chi connectivity index (χ1) is 12.5. The monoisotopic (exact) mass is 360 g/mol. The number of nitrogens with zero attached hydrogens (tertiary/aromatic N) is 2. The highest BCUT2D eigenvalue weighted by molar-refractivity contribution is 5.90. The van der Waals surface area contributed by atoms with Crippen LogP contribution in [0.15, 0.2) is 29.3 Å². The van der Waals surface area contributed by atoms with Crippen molar-refractivity contribution in [1.82, 2.24) is 10.2 Å². The molecule has 0 aliphatic carbocycles. The minimum absolute atomic E-state index is 0.0550. The van der Waals surface area contributed by atoms with Crippen molar-refractivity contribution < 1.29 is 9.53 Å². The second kappa shape index (κ2) is 10.2. The summed E-state index contributed by atoms with van der Waals surface area (Å²) in [7, 11) is 3.85. The number of hydrogen-bond acceptors (Lipinski definition) is 3. The number of hydrogen-bond donors (Lipinski definition) is 2. The van der Waals surface area contributed by atoms with E-state index in [0.717, 1.165) is 43.4 Å². The van der Waals surface area contributed by atoms with E-state index in [2.05, 4.69) is 27.6 Å². The summed E-state index contributed by atoms with van der Waals surface area (Å²) < 4.78 is 5.45. The smallest absolute Gasteiger partial charge is 0.224 e. The summed E-state index contributed by atoms with van der Waals surface area (Å²) in [6.45, 7) is 7.37. The number of carbonyl (C=O) groups excluding carboxylic acids is 1. The molecular formula is C20H32N4O2. The number of carbonyl (C=O) groups is 1. The molecule has 1 amide bonds. The number of anilines is 1. The Balaban J connectivity index is 1.86. The molecular weight excluding hydrogens is 328 g/mol. The fraction of sp³-hybridized carbons (Fsp3) is 0.600. The average molecular weight is 361 g/mol. The molecule has 1 aliphatic heterocycles. The van der Waals surface area contributed by atoms with Gasteiger partial charge in [0, 0.05) is 51.8 Å². The third-order valence-corrected chi connectivity index (χ3v) is 4.38. The molecule has 6 heteroatoms. The summed E-state index contributed by atoms with van der Waals surface area (Å²) in [6, 6.07) is 7.93. The van der Waals surface area contributed by atoms with Crippen LogP contribution in [0.25, 0.3) is 0 Å². The number of nitrogens with one attached hydrogen (secondary N) is 2. The number of amides is 1. The topological polar surface area (TPSA) is 66.0 Å². The normalized spacial score (nSPS) is 17.4. The largest absolute Gasteiger partial charge is 0.381 e. The lowest BCUT2D eigenvalue weighted by molar-refractivity contribution is -0.116. The zero-order valence-corrected chi connectivity index (χ0v) is 16.4. The zero-order chi connectivity index (χ0) is 18.9. The summed E-state index contributed by atoms with van der Waals surface area (Å²) in [5.74, 6) is 1.84. The number of rotatable bonds is 7. The lowest BCUT2D eigenvalue weighted by Crippen LogP contribution is -2.41. The Morgan fingerprint density at radius 1 is 1.42 bits per heavy atom. The molecule has 0 spiro atoms. The second-order valence-electron chi connectivity index (χ2n) is 7.36. The standard InChI is InChI=1S/C20H32N4O2/c1-15(2)10-19(25)23-18-7-5-6-16(11-18)12-22-20(21-3)24(4)13-17-8-9-26-14-17/h5-7,11,15,17H,8-10,12-14H2,1-4H3,(H,21,22)(H,23,25). The number of ether oxygens (including phenoxy) is 1. The van der Waals surface area contributed by atoms with Crippen molar-refractivity contribution in [3.8, 4) is 0 Å². The van der Waals surface area contributed by atoms with Crippen molar-refractivity contribution in [1.29, 1.82) is 0 Å². The Hall–Kier alpha value is -2.08. The molecule has 1 heterocycles. The van der Waals surface area contributed by atoms with Gasteiger partial charge in [-0.1, -0.05) is 26.0 Å². The first-order valence-corrected chi connectivity index (χ1v) is 9.36. The molecule has 1 unspecified atom stereocenters. The highest BCUT2D eigenvalue weighted by Crippen LogP contribution is 2.14. The quantitative estimate of drug-likeness (QED) is 0.580. The number of benzene rings is 1. The Morgan fingerprint density at radius 3 is 2.88 bits per heavy atom. The molecule has 0 bridgehead atoms. The Kier molecular flexibility index (Phi) is 7.91. The van der Waals surface area contributed by atoms with Crippen molar-refractivity contribution in [2.45, 2.75) is 33.2 Å². The van der Waals surface area contributed by atoms with Gasteiger partial charge in [-0.15, -0.1) is 0 Å². The van der Waals surface area contributed by atoms with Crippen molar-refractivity contribution >= 4 is 17.6 Å². The summed E-state index contributed by atoms with van der Waals surface area (Å²) in [5.41, 5.74) is 1.94. The lowest BCUT2D eigenvalue weighted by atomic mass is 10.1. The molecule has 6 nitrogen and oxygen atoms in total. The van der Waals surface area contributed by atoms with Crippen LogP contribution in [0.4, 0.5) is 5.69 Å². The maximum atomic E-state index is 11.9. The maximum absolute atomic E-state index is 11.9. The minimum Gasteiger partial charge on any atom is -0.381 e. The van der Waals surface area contributed by atoms with Crippen LogP contribution in [0.2, 0.25) is 0 Å². The molecule has 0 radical (unpaired) electrons. The van der Waals surface area contributed by atoms with Crippen LogP contribution in [-0.4, -0.2) is 50.6 Å². The van der Waals surface area contributed by atoms with Gasteiger partial charge < -0.3 is 20.3 Å². The lowest BCUT2D eigenvalue weighted by Gasteiger charge is -2.24. The van der Waals surface area contributed by atoms with Gasteiger partial charge in [0.2, 0.25) is 5.91 Å². The summed E-state index contributed by atoms with van der Waals surface area (Å²) in [5, 5.41) is 6.36. The van der Waals surface area contributed by atoms with Crippen molar-refractivity contribution in [2.75, 3.05) is 39.2 Å². The van der Waals surface area contributed by atoms with Crippen molar-refractivity contribution in [2.24, 2.45) is 16.8 Å². The molecule has 0 aromatic heterocycles. The van der Waals surface area contributed by atoms with E-state index < -0.39 is 0 Å². The van der Waals surface area contributed by atoms with Crippen LogP contribution in [-0.2, 0) is 16.1 Å². The van der Waals surface area contributed by atoms with Crippen molar-refractivity contribution in [3.05, 3.63) is 29.8 Å². The molecule has 0 saturated carbocycles. The predicted molar refractivity (Wildman–Crippen MR) is 106 cm³/mol. The van der Waals surface area contributed by atoms with Crippen LogP contribution in [0.5, 0.6) is 0 Å². The van der Waals surface area contributed by atoms with Gasteiger partial charge in [0.25, 0.3) is 0 Å². The molecule has 1 atom stereocenters. The fourth-order valence-electron chi connectivity index (χ4n) is 3.11. The van der Waals surface area contributed by atoms with Crippen LogP contribution in [0, 0.1) is 11.8 Å². The molecule has 2 N–H and O–H groups in total. The fourth-order valence-corrected chi connectivity index (χ4v) is 3.11. The maximum Gasteiger partial charge on any atom is 0.224 e. The summed E-state index contributed by atoms with van der Waals surface area (Å²) in [6.07, 6.45) is 1.64. The van der Waals surface area contributed by atoms with E-state index in [1.165, 1.54) is 0 Å². The van der Waals surface area contributed by atoms with E-state index in [4.69, 9.17) is 4.74 Å².